The largest absolute Gasteiger partial charge is 0.389 e. The van der Waals surface area contributed by atoms with Gasteiger partial charge in [-0.25, -0.2) is 0 Å². The summed E-state index contributed by atoms with van der Waals surface area (Å²) >= 11 is 0. The van der Waals surface area contributed by atoms with Gasteiger partial charge in [-0.15, -0.1) is 0 Å². The SMILES string of the molecule is CC(C)(O)CN1CCCC2(CCCNC2)C1. The highest BCUT2D eigenvalue weighted by molar-refractivity contribution is 4.92. The Labute approximate surface area is 99.2 Å². The Balaban J connectivity index is 1.92. The molecule has 3 nitrogen and oxygen atoms in total. The summed E-state index contributed by atoms with van der Waals surface area (Å²) in [6.07, 6.45) is 5.33. The normalized spacial score (nSPS) is 33.2. The summed E-state index contributed by atoms with van der Waals surface area (Å²) < 4.78 is 0. The number of nitrogens with zero attached hydrogens (tertiary/aromatic N) is 1. The van der Waals surface area contributed by atoms with Gasteiger partial charge in [-0.05, 0) is 58.0 Å². The molecule has 0 amide bonds. The topological polar surface area (TPSA) is 35.5 Å². The molecule has 0 aromatic rings. The number of β-amino-alcohol motifs (C(OH)–C–C–N with tert-alkyl or cyclic N) is 1. The molecule has 0 bridgehead atoms. The van der Waals surface area contributed by atoms with Gasteiger partial charge in [0.2, 0.25) is 0 Å². The van der Waals surface area contributed by atoms with Crippen LogP contribution in [-0.4, -0.2) is 48.3 Å². The standard InChI is InChI=1S/C13H26N2O/c1-12(2,16)10-15-8-4-6-13(11-15)5-3-7-14-9-13/h14,16H,3-11H2,1-2H3. The lowest BCUT2D eigenvalue weighted by Gasteiger charge is -2.46. The van der Waals surface area contributed by atoms with Crippen molar-refractivity contribution in [3.05, 3.63) is 0 Å². The van der Waals surface area contributed by atoms with Gasteiger partial charge in [0, 0.05) is 19.6 Å². The van der Waals surface area contributed by atoms with Crippen LogP contribution in [0.5, 0.6) is 0 Å². The molecule has 94 valence electrons. The molecule has 2 heterocycles. The van der Waals surface area contributed by atoms with Gasteiger partial charge in [-0.2, -0.15) is 0 Å². The molecule has 3 heteroatoms. The Hall–Kier alpha value is -0.120. The number of aliphatic hydroxyl groups is 1. The molecule has 1 atom stereocenters. The van der Waals surface area contributed by atoms with Crippen LogP contribution in [-0.2, 0) is 0 Å². The fourth-order valence-corrected chi connectivity index (χ4v) is 3.37. The van der Waals surface area contributed by atoms with Crippen LogP contribution in [0.4, 0.5) is 0 Å². The van der Waals surface area contributed by atoms with Crippen molar-refractivity contribution in [1.82, 2.24) is 10.2 Å². The van der Waals surface area contributed by atoms with Crippen LogP contribution in [0.15, 0.2) is 0 Å². The van der Waals surface area contributed by atoms with Crippen LogP contribution >= 0.6 is 0 Å². The van der Waals surface area contributed by atoms with Crippen LogP contribution in [0, 0.1) is 5.41 Å². The number of rotatable bonds is 2. The second kappa shape index (κ2) is 4.63. The highest BCUT2D eigenvalue weighted by Gasteiger charge is 2.37. The quantitative estimate of drug-likeness (QED) is 0.743. The summed E-state index contributed by atoms with van der Waals surface area (Å²) in [6.45, 7) is 9.33. The average molecular weight is 226 g/mol. The molecule has 2 saturated heterocycles. The maximum atomic E-state index is 9.90. The van der Waals surface area contributed by atoms with E-state index in [1.165, 1.54) is 45.3 Å². The van der Waals surface area contributed by atoms with E-state index in [-0.39, 0.29) is 0 Å². The van der Waals surface area contributed by atoms with Crippen LogP contribution < -0.4 is 5.32 Å². The van der Waals surface area contributed by atoms with E-state index in [4.69, 9.17) is 0 Å². The van der Waals surface area contributed by atoms with E-state index in [1.54, 1.807) is 0 Å². The van der Waals surface area contributed by atoms with E-state index in [0.717, 1.165) is 13.1 Å². The van der Waals surface area contributed by atoms with E-state index in [2.05, 4.69) is 10.2 Å². The molecule has 1 unspecified atom stereocenters. The Morgan fingerprint density at radius 3 is 2.69 bits per heavy atom. The van der Waals surface area contributed by atoms with Gasteiger partial charge in [0.25, 0.3) is 0 Å². The maximum absolute atomic E-state index is 9.90. The summed E-state index contributed by atoms with van der Waals surface area (Å²) in [5.41, 5.74) is -0.0532. The minimum atomic E-state index is -0.555. The van der Waals surface area contributed by atoms with Gasteiger partial charge < -0.3 is 10.4 Å². The number of hydrogen-bond acceptors (Lipinski definition) is 3. The van der Waals surface area contributed by atoms with E-state index < -0.39 is 5.60 Å². The van der Waals surface area contributed by atoms with Crippen molar-refractivity contribution in [3.8, 4) is 0 Å². The minimum Gasteiger partial charge on any atom is -0.389 e. The molecule has 2 N–H and O–H groups in total. The van der Waals surface area contributed by atoms with Crippen LogP contribution in [0.2, 0.25) is 0 Å². The molecular weight excluding hydrogens is 200 g/mol. The van der Waals surface area contributed by atoms with Gasteiger partial charge >= 0.3 is 0 Å². The van der Waals surface area contributed by atoms with Gasteiger partial charge in [0.05, 0.1) is 5.60 Å². The summed E-state index contributed by atoms with van der Waals surface area (Å²) in [6, 6.07) is 0. The summed E-state index contributed by atoms with van der Waals surface area (Å²) in [5.74, 6) is 0. The first kappa shape index (κ1) is 12.3. The molecule has 1 spiro atoms. The van der Waals surface area contributed by atoms with Crippen molar-refractivity contribution in [2.75, 3.05) is 32.7 Å². The molecule has 2 rings (SSSR count). The number of piperidine rings is 2. The predicted octanol–water partition coefficient (Wildman–Crippen LogP) is 1.22. The molecule has 2 aliphatic rings. The van der Waals surface area contributed by atoms with Crippen molar-refractivity contribution in [3.63, 3.8) is 0 Å². The molecular formula is C13H26N2O. The Kier molecular flexibility index (Phi) is 3.57. The van der Waals surface area contributed by atoms with Gasteiger partial charge in [-0.3, -0.25) is 4.90 Å². The Morgan fingerprint density at radius 2 is 2.06 bits per heavy atom. The monoisotopic (exact) mass is 226 g/mol. The van der Waals surface area contributed by atoms with E-state index in [0.29, 0.717) is 5.41 Å². The zero-order valence-corrected chi connectivity index (χ0v) is 10.8. The van der Waals surface area contributed by atoms with Crippen molar-refractivity contribution in [2.45, 2.75) is 45.1 Å². The second-order valence-corrected chi connectivity index (χ2v) is 6.41. The number of likely N-dealkylation sites (tertiary alicyclic amines) is 1. The predicted molar refractivity (Wildman–Crippen MR) is 66.5 cm³/mol. The third-order valence-corrected chi connectivity index (χ3v) is 3.91. The molecule has 0 saturated carbocycles. The average Bonchev–Trinajstić information content (AvgIpc) is 2.16. The fraction of sp³-hybridized carbons (Fsp3) is 1.00. The lowest BCUT2D eigenvalue weighted by atomic mass is 9.74. The van der Waals surface area contributed by atoms with Gasteiger partial charge in [-0.1, -0.05) is 0 Å². The van der Waals surface area contributed by atoms with Crippen LogP contribution in [0.1, 0.15) is 39.5 Å². The number of nitrogens with one attached hydrogen (secondary N) is 1. The molecule has 0 aromatic heterocycles. The van der Waals surface area contributed by atoms with Crippen molar-refractivity contribution < 1.29 is 5.11 Å². The Bertz CT molecular complexity index is 223. The summed E-state index contributed by atoms with van der Waals surface area (Å²) in [7, 11) is 0. The first-order valence-corrected chi connectivity index (χ1v) is 6.65. The van der Waals surface area contributed by atoms with E-state index in [1.807, 2.05) is 13.8 Å². The first-order chi connectivity index (χ1) is 7.49. The third kappa shape index (κ3) is 3.19. The molecule has 2 fully saturated rings. The lowest BCUT2D eigenvalue weighted by molar-refractivity contribution is -0.00534. The zero-order valence-electron chi connectivity index (χ0n) is 10.8. The first-order valence-electron chi connectivity index (χ1n) is 6.65. The molecule has 2 aliphatic heterocycles. The molecule has 16 heavy (non-hydrogen) atoms. The second-order valence-electron chi connectivity index (χ2n) is 6.41. The van der Waals surface area contributed by atoms with Crippen molar-refractivity contribution >= 4 is 0 Å². The summed E-state index contributed by atoms with van der Waals surface area (Å²) in [4.78, 5) is 2.45. The van der Waals surface area contributed by atoms with E-state index in [9.17, 15) is 5.11 Å². The van der Waals surface area contributed by atoms with Crippen molar-refractivity contribution in [1.29, 1.82) is 0 Å². The fourth-order valence-electron chi connectivity index (χ4n) is 3.37. The molecule has 0 aliphatic carbocycles. The smallest absolute Gasteiger partial charge is 0.0718 e. The maximum Gasteiger partial charge on any atom is 0.0718 e. The number of hydrogen-bond donors (Lipinski definition) is 2. The lowest BCUT2D eigenvalue weighted by Crippen LogP contribution is -2.53. The van der Waals surface area contributed by atoms with Gasteiger partial charge in [0.1, 0.15) is 0 Å². The van der Waals surface area contributed by atoms with E-state index >= 15 is 0 Å². The van der Waals surface area contributed by atoms with Crippen LogP contribution in [0.3, 0.4) is 0 Å². The van der Waals surface area contributed by atoms with Gasteiger partial charge in [0.15, 0.2) is 0 Å². The molecule has 0 aromatic carbocycles. The zero-order chi connectivity index (χ0) is 11.6. The minimum absolute atomic E-state index is 0.502. The molecule has 0 radical (unpaired) electrons. The third-order valence-electron chi connectivity index (χ3n) is 3.91. The van der Waals surface area contributed by atoms with Crippen LogP contribution in [0.25, 0.3) is 0 Å². The highest BCUT2D eigenvalue weighted by atomic mass is 16.3. The Morgan fingerprint density at radius 1 is 1.31 bits per heavy atom. The highest BCUT2D eigenvalue weighted by Crippen LogP contribution is 2.36. The summed E-state index contributed by atoms with van der Waals surface area (Å²) in [5, 5.41) is 13.4. The van der Waals surface area contributed by atoms with Crippen molar-refractivity contribution in [2.24, 2.45) is 5.41 Å².